The second-order valence-electron chi connectivity index (χ2n) is 11.7. The van der Waals surface area contributed by atoms with Crippen molar-refractivity contribution in [3.05, 3.63) is 104 Å². The van der Waals surface area contributed by atoms with E-state index in [9.17, 15) is 9.90 Å². The predicted molar refractivity (Wildman–Crippen MR) is 189 cm³/mol. The van der Waals surface area contributed by atoms with Gasteiger partial charge in [-0.15, -0.1) is 12.4 Å². The molecule has 0 bridgehead atoms. The largest absolute Gasteiger partial charge is 0.489 e. The zero-order valence-corrected chi connectivity index (χ0v) is 28.8. The van der Waals surface area contributed by atoms with Gasteiger partial charge in [-0.2, -0.15) is 0 Å². The first kappa shape index (κ1) is 34.2. The minimum absolute atomic E-state index is 0. The van der Waals surface area contributed by atoms with E-state index in [1.165, 1.54) is 0 Å². The van der Waals surface area contributed by atoms with Crippen LogP contribution in [0.2, 0.25) is 15.1 Å². The standard InChI is InChI=1S/C36H30Cl3N3O5.ClH/c37-29-2-1-3-30(38)33(29)34-28(35(47-40-34)23-5-6-23)21-46-26-9-8-22(31(39)20-26)4-7-24-18-25(36(43)44)19-32-27(24)10-11-42(32)13-12-41-14-16-45-17-15-41;/h1-3,8-11,18-20,23H,5-6,12-17,21H2,(H,43,44);1H. The zero-order valence-electron chi connectivity index (χ0n) is 25.7. The lowest BCUT2D eigenvalue weighted by atomic mass is 10.0. The molecule has 7 rings (SSSR count). The summed E-state index contributed by atoms with van der Waals surface area (Å²) in [5.74, 6) is 6.93. The zero-order chi connectivity index (χ0) is 32.5. The monoisotopic (exact) mass is 725 g/mol. The van der Waals surface area contributed by atoms with Gasteiger partial charge in [0.2, 0.25) is 0 Å². The van der Waals surface area contributed by atoms with Gasteiger partial charge in [0.15, 0.2) is 0 Å². The summed E-state index contributed by atoms with van der Waals surface area (Å²) in [6.07, 6.45) is 4.03. The molecule has 3 heterocycles. The summed E-state index contributed by atoms with van der Waals surface area (Å²) in [7, 11) is 0. The molecule has 2 aliphatic rings. The molecule has 0 amide bonds. The molecule has 8 nitrogen and oxygen atoms in total. The van der Waals surface area contributed by atoms with Crippen LogP contribution in [0.25, 0.3) is 22.2 Å². The smallest absolute Gasteiger partial charge is 0.335 e. The number of carboxylic acids is 1. The van der Waals surface area contributed by atoms with Crippen LogP contribution in [0.3, 0.4) is 0 Å². The highest BCUT2D eigenvalue weighted by Crippen LogP contribution is 2.46. The number of aromatic carboxylic acids is 1. The van der Waals surface area contributed by atoms with E-state index in [0.29, 0.717) is 49.1 Å². The number of nitrogens with zero attached hydrogens (tertiary/aromatic N) is 3. The lowest BCUT2D eigenvalue weighted by Gasteiger charge is -2.26. The molecule has 1 saturated heterocycles. The van der Waals surface area contributed by atoms with Gasteiger partial charge in [-0.1, -0.05) is 57.9 Å². The van der Waals surface area contributed by atoms with Crippen LogP contribution in [-0.4, -0.2) is 58.5 Å². The first-order chi connectivity index (χ1) is 22.9. The third kappa shape index (κ3) is 7.32. The maximum absolute atomic E-state index is 12.0. The topological polar surface area (TPSA) is 90.0 Å². The van der Waals surface area contributed by atoms with Gasteiger partial charge in [-0.05, 0) is 55.3 Å². The van der Waals surface area contributed by atoms with E-state index < -0.39 is 5.97 Å². The molecular formula is C36H31Cl4N3O5. The van der Waals surface area contributed by atoms with E-state index in [4.69, 9.17) is 48.8 Å². The molecule has 1 saturated carbocycles. The molecule has 0 atom stereocenters. The first-order valence-corrected chi connectivity index (χ1v) is 16.5. The highest BCUT2D eigenvalue weighted by atomic mass is 35.5. The molecule has 248 valence electrons. The number of fused-ring (bicyclic) bond motifs is 1. The molecule has 0 spiro atoms. The van der Waals surface area contributed by atoms with E-state index in [1.807, 2.05) is 12.3 Å². The molecule has 12 heteroatoms. The number of hydrogen-bond acceptors (Lipinski definition) is 6. The number of morpholine rings is 1. The van der Waals surface area contributed by atoms with E-state index in [1.54, 1.807) is 48.5 Å². The highest BCUT2D eigenvalue weighted by Gasteiger charge is 2.33. The van der Waals surface area contributed by atoms with Crippen LogP contribution in [0.15, 0.2) is 65.3 Å². The SMILES string of the molecule is Cl.O=C(O)c1cc(C#Cc2ccc(OCc3c(-c4c(Cl)cccc4Cl)noc3C3CC3)cc2Cl)c2ccn(CCN3CCOCC3)c2c1. The Bertz CT molecular complexity index is 2020. The highest BCUT2D eigenvalue weighted by molar-refractivity contribution is 6.39. The number of hydrogen-bond donors (Lipinski definition) is 1. The minimum atomic E-state index is -1.01. The summed E-state index contributed by atoms with van der Waals surface area (Å²) in [5, 5.41) is 16.4. The van der Waals surface area contributed by atoms with E-state index in [0.717, 1.165) is 74.5 Å². The molecule has 3 aromatic carbocycles. The summed E-state index contributed by atoms with van der Waals surface area (Å²) >= 11 is 19.7. The lowest BCUT2D eigenvalue weighted by molar-refractivity contribution is 0.0365. The number of benzene rings is 3. The molecule has 0 unspecified atom stereocenters. The molecule has 2 aromatic heterocycles. The number of ether oxygens (including phenoxy) is 2. The second kappa shape index (κ2) is 14.8. The Hall–Kier alpha value is -3.68. The maximum Gasteiger partial charge on any atom is 0.335 e. The minimum Gasteiger partial charge on any atom is -0.489 e. The van der Waals surface area contributed by atoms with Crippen molar-refractivity contribution >= 4 is 64.1 Å². The van der Waals surface area contributed by atoms with Gasteiger partial charge in [-0.3, -0.25) is 4.90 Å². The normalized spacial score (nSPS) is 14.7. The second-order valence-corrected chi connectivity index (χ2v) is 12.9. The number of rotatable bonds is 9. The van der Waals surface area contributed by atoms with Gasteiger partial charge in [0.1, 0.15) is 23.8 Å². The van der Waals surface area contributed by atoms with E-state index in [2.05, 4.69) is 26.5 Å². The Balaban J connectivity index is 0.00000401. The van der Waals surface area contributed by atoms with Crippen molar-refractivity contribution in [3.8, 4) is 28.8 Å². The molecular weight excluding hydrogens is 696 g/mol. The summed E-state index contributed by atoms with van der Waals surface area (Å²) in [4.78, 5) is 14.4. The fourth-order valence-corrected chi connectivity index (χ4v) is 6.61. The van der Waals surface area contributed by atoms with Crippen molar-refractivity contribution in [2.75, 3.05) is 32.8 Å². The van der Waals surface area contributed by atoms with Crippen LogP contribution in [0.5, 0.6) is 5.75 Å². The van der Waals surface area contributed by atoms with Crippen LogP contribution < -0.4 is 4.74 Å². The Kier molecular flexibility index (Phi) is 10.6. The predicted octanol–water partition coefficient (Wildman–Crippen LogP) is 8.56. The maximum atomic E-state index is 12.0. The fraction of sp³-hybridized carbons (Fsp3) is 0.278. The average molecular weight is 727 g/mol. The van der Waals surface area contributed by atoms with Gasteiger partial charge in [0.25, 0.3) is 0 Å². The van der Waals surface area contributed by atoms with Crippen molar-refractivity contribution in [2.45, 2.75) is 31.9 Å². The Morgan fingerprint density at radius 3 is 2.42 bits per heavy atom. The quantitative estimate of drug-likeness (QED) is 0.152. The van der Waals surface area contributed by atoms with Crippen molar-refractivity contribution in [1.82, 2.24) is 14.6 Å². The molecule has 2 fully saturated rings. The van der Waals surface area contributed by atoms with Crippen molar-refractivity contribution < 1.29 is 23.9 Å². The molecule has 48 heavy (non-hydrogen) atoms. The Labute approximate surface area is 298 Å². The summed E-state index contributed by atoms with van der Waals surface area (Å²) in [5.41, 5.74) is 4.21. The average Bonchev–Trinajstić information content (AvgIpc) is 3.70. The Morgan fingerprint density at radius 2 is 1.71 bits per heavy atom. The van der Waals surface area contributed by atoms with E-state index in [-0.39, 0.29) is 24.6 Å². The number of carbonyl (C=O) groups is 1. The summed E-state index contributed by atoms with van der Waals surface area (Å²) in [6, 6.07) is 15.9. The fourth-order valence-electron chi connectivity index (χ4n) is 5.82. The van der Waals surface area contributed by atoms with Crippen LogP contribution >= 0.6 is 47.2 Å². The summed E-state index contributed by atoms with van der Waals surface area (Å²) < 4.78 is 19.5. The third-order valence-electron chi connectivity index (χ3n) is 8.52. The van der Waals surface area contributed by atoms with E-state index >= 15 is 0 Å². The van der Waals surface area contributed by atoms with Gasteiger partial charge in [0, 0.05) is 66.4 Å². The summed E-state index contributed by atoms with van der Waals surface area (Å²) in [6.45, 7) is 5.02. The molecule has 0 radical (unpaired) electrons. The van der Waals surface area contributed by atoms with Gasteiger partial charge < -0.3 is 23.7 Å². The van der Waals surface area contributed by atoms with Crippen LogP contribution in [0.4, 0.5) is 0 Å². The number of aromatic nitrogens is 2. The molecule has 1 N–H and O–H groups in total. The van der Waals surface area contributed by atoms with Gasteiger partial charge >= 0.3 is 5.97 Å². The number of carboxylic acid groups (broad SMARTS) is 1. The van der Waals surface area contributed by atoms with Crippen molar-refractivity contribution in [2.24, 2.45) is 0 Å². The van der Waals surface area contributed by atoms with Gasteiger partial charge in [-0.25, -0.2) is 4.79 Å². The van der Waals surface area contributed by atoms with Crippen molar-refractivity contribution in [3.63, 3.8) is 0 Å². The van der Waals surface area contributed by atoms with Crippen molar-refractivity contribution in [1.29, 1.82) is 0 Å². The van der Waals surface area contributed by atoms with Crippen LogP contribution in [-0.2, 0) is 17.9 Å². The first-order valence-electron chi connectivity index (χ1n) is 15.4. The third-order valence-corrected chi connectivity index (χ3v) is 9.46. The lowest BCUT2D eigenvalue weighted by Crippen LogP contribution is -2.38. The van der Waals surface area contributed by atoms with Crippen LogP contribution in [0.1, 0.15) is 51.6 Å². The molecule has 1 aliphatic carbocycles. The molecule has 5 aromatic rings. The Morgan fingerprint density at radius 1 is 0.958 bits per heavy atom. The molecule has 1 aliphatic heterocycles. The van der Waals surface area contributed by atoms with Gasteiger partial charge in [0.05, 0.1) is 44.9 Å². The van der Waals surface area contributed by atoms with Crippen LogP contribution in [0, 0.1) is 11.8 Å². The number of halogens is 4.